The van der Waals surface area contributed by atoms with Gasteiger partial charge in [-0.25, -0.2) is 4.39 Å². The Morgan fingerprint density at radius 1 is 1.18 bits per heavy atom. The molecule has 2 aromatic heterocycles. The zero-order chi connectivity index (χ0) is 27.4. The number of para-hydroxylation sites is 1. The van der Waals surface area contributed by atoms with E-state index in [0.717, 1.165) is 11.0 Å². The Morgan fingerprint density at radius 3 is 2.63 bits per heavy atom. The van der Waals surface area contributed by atoms with E-state index in [2.05, 4.69) is 14.7 Å². The van der Waals surface area contributed by atoms with Gasteiger partial charge in [-0.3, -0.25) is 24.1 Å². The topological polar surface area (TPSA) is 174 Å². The summed E-state index contributed by atoms with van der Waals surface area (Å²) >= 11 is 0.620. The maximum absolute atomic E-state index is 14.4. The van der Waals surface area contributed by atoms with E-state index in [1.807, 2.05) is 0 Å². The van der Waals surface area contributed by atoms with Crippen LogP contribution in [0.3, 0.4) is 0 Å². The van der Waals surface area contributed by atoms with Gasteiger partial charge in [-0.15, -0.1) is 0 Å². The van der Waals surface area contributed by atoms with Crippen LogP contribution in [-0.4, -0.2) is 46.2 Å². The number of carbonyl (C=O) groups excluding carboxylic acids is 4. The number of fused-ring (bicyclic) bond motifs is 1. The fourth-order valence-corrected chi connectivity index (χ4v) is 4.68. The predicted octanol–water partition coefficient (Wildman–Crippen LogP) is 2.51. The number of ether oxygens (including phenoxy) is 1. The number of halogens is 1. The van der Waals surface area contributed by atoms with E-state index < -0.39 is 42.1 Å². The lowest BCUT2D eigenvalue weighted by Gasteiger charge is -2.31. The lowest BCUT2D eigenvalue weighted by Crippen LogP contribution is -2.45. The number of aromatic amines is 1. The van der Waals surface area contributed by atoms with Gasteiger partial charge in [0.15, 0.2) is 5.69 Å². The minimum Gasteiger partial charge on any atom is -0.465 e. The Hall–Kier alpha value is -4.78. The van der Waals surface area contributed by atoms with E-state index in [1.165, 1.54) is 18.2 Å². The van der Waals surface area contributed by atoms with Crippen LogP contribution in [0.5, 0.6) is 0 Å². The van der Waals surface area contributed by atoms with Crippen molar-refractivity contribution in [3.8, 4) is 0 Å². The minimum absolute atomic E-state index is 0.0185. The first-order valence-corrected chi connectivity index (χ1v) is 12.1. The van der Waals surface area contributed by atoms with Crippen molar-refractivity contribution in [3.05, 3.63) is 76.7 Å². The second-order valence-corrected chi connectivity index (χ2v) is 8.78. The molecule has 0 aliphatic heterocycles. The summed E-state index contributed by atoms with van der Waals surface area (Å²) in [4.78, 5) is 55.3. The van der Waals surface area contributed by atoms with Gasteiger partial charge < -0.3 is 26.5 Å². The highest BCUT2D eigenvalue weighted by atomic mass is 32.1. The van der Waals surface area contributed by atoms with Gasteiger partial charge in [0.2, 0.25) is 5.91 Å². The van der Waals surface area contributed by atoms with E-state index in [4.69, 9.17) is 16.2 Å². The van der Waals surface area contributed by atoms with Crippen LogP contribution < -0.4 is 21.7 Å². The first-order valence-electron chi connectivity index (χ1n) is 11.4. The van der Waals surface area contributed by atoms with Crippen molar-refractivity contribution in [2.75, 3.05) is 23.8 Å². The molecule has 4 aromatic rings. The molecular formula is C25H23FN6O5S. The van der Waals surface area contributed by atoms with Crippen LogP contribution in [0.25, 0.3) is 10.9 Å². The first-order chi connectivity index (χ1) is 18.2. The van der Waals surface area contributed by atoms with Crippen LogP contribution in [0.2, 0.25) is 0 Å². The second kappa shape index (κ2) is 11.1. The van der Waals surface area contributed by atoms with Crippen LogP contribution in [0.1, 0.15) is 38.7 Å². The lowest BCUT2D eigenvalue weighted by molar-refractivity contribution is -0.143. The van der Waals surface area contributed by atoms with E-state index in [-0.39, 0.29) is 28.6 Å². The molecule has 13 heteroatoms. The number of H-pyrrole nitrogens is 1. The number of nitrogens with zero attached hydrogens (tertiary/aromatic N) is 2. The third-order valence-electron chi connectivity index (χ3n) is 5.60. The number of primary amides is 1. The summed E-state index contributed by atoms with van der Waals surface area (Å²) in [5.41, 5.74) is 11.8. The molecule has 0 unspecified atom stereocenters. The molecule has 0 fully saturated rings. The SMILES string of the molecule is CCOC(=O)CNC(=O)[C@H](c1c[nH]c2ccccc12)N(C(=O)c1snc(C(N)=O)c1N)c1cccc(F)c1. The van der Waals surface area contributed by atoms with E-state index in [9.17, 15) is 23.6 Å². The van der Waals surface area contributed by atoms with Crippen molar-refractivity contribution in [1.82, 2.24) is 14.7 Å². The summed E-state index contributed by atoms with van der Waals surface area (Å²) in [6, 6.07) is 10.7. The summed E-state index contributed by atoms with van der Waals surface area (Å²) in [7, 11) is 0. The Labute approximate surface area is 219 Å². The number of nitrogens with two attached hydrogens (primary N) is 2. The van der Waals surface area contributed by atoms with Gasteiger partial charge in [-0.1, -0.05) is 24.3 Å². The summed E-state index contributed by atoms with van der Waals surface area (Å²) in [5.74, 6) is -3.87. The number of amides is 3. The van der Waals surface area contributed by atoms with Gasteiger partial charge in [0.05, 0.1) is 12.3 Å². The number of nitrogens with one attached hydrogen (secondary N) is 2. The third-order valence-corrected chi connectivity index (χ3v) is 6.45. The average Bonchev–Trinajstić information content (AvgIpc) is 3.49. The predicted molar refractivity (Wildman–Crippen MR) is 139 cm³/mol. The lowest BCUT2D eigenvalue weighted by atomic mass is 10.0. The standard InChI is InChI=1S/C25H23FN6O5S/c1-2-37-18(33)12-30-24(35)21(16-11-29-17-9-4-3-8-15(16)17)32(14-7-5-6-13(26)10-14)25(36)22-19(27)20(23(28)34)31-38-22/h3-11,21,29H,2,12,27H2,1H3,(H2,28,34)(H,30,35)/t21-/m0/s1. The number of benzene rings is 2. The molecule has 0 aliphatic carbocycles. The first kappa shape index (κ1) is 26.3. The molecule has 0 saturated carbocycles. The van der Waals surface area contributed by atoms with Crippen molar-refractivity contribution in [1.29, 1.82) is 0 Å². The molecule has 11 nitrogen and oxygen atoms in total. The van der Waals surface area contributed by atoms with Gasteiger partial charge >= 0.3 is 5.97 Å². The molecule has 0 spiro atoms. The molecule has 2 aromatic carbocycles. The number of nitrogen functional groups attached to an aromatic ring is 1. The summed E-state index contributed by atoms with van der Waals surface area (Å²) in [6.07, 6.45) is 1.55. The van der Waals surface area contributed by atoms with Gasteiger partial charge in [-0.05, 0) is 42.7 Å². The van der Waals surface area contributed by atoms with E-state index in [1.54, 1.807) is 37.4 Å². The van der Waals surface area contributed by atoms with Crippen LogP contribution in [0.15, 0.2) is 54.7 Å². The molecule has 0 aliphatic rings. The zero-order valence-corrected chi connectivity index (χ0v) is 20.9. The number of aromatic nitrogens is 2. The van der Waals surface area contributed by atoms with Crippen LogP contribution >= 0.6 is 11.5 Å². The highest BCUT2D eigenvalue weighted by molar-refractivity contribution is 7.09. The van der Waals surface area contributed by atoms with Crippen molar-refractivity contribution in [2.24, 2.45) is 5.73 Å². The molecular weight excluding hydrogens is 515 g/mol. The van der Waals surface area contributed by atoms with Crippen molar-refractivity contribution in [3.63, 3.8) is 0 Å². The monoisotopic (exact) mass is 538 g/mol. The fourth-order valence-electron chi connectivity index (χ4n) is 3.93. The smallest absolute Gasteiger partial charge is 0.325 e. The molecule has 0 radical (unpaired) electrons. The fraction of sp³-hybridized carbons (Fsp3) is 0.160. The van der Waals surface area contributed by atoms with Gasteiger partial charge in [0.1, 0.15) is 23.3 Å². The molecule has 4 rings (SSSR count). The third kappa shape index (κ3) is 5.18. The number of carbonyl (C=O) groups is 4. The molecule has 196 valence electrons. The van der Waals surface area contributed by atoms with Crippen molar-refractivity contribution < 1.29 is 28.3 Å². The molecule has 1 atom stereocenters. The largest absolute Gasteiger partial charge is 0.465 e. The summed E-state index contributed by atoms with van der Waals surface area (Å²) in [5, 5.41) is 3.10. The molecule has 0 bridgehead atoms. The quantitative estimate of drug-likeness (QED) is 0.237. The number of rotatable bonds is 9. The molecule has 3 amide bonds. The number of anilines is 2. The van der Waals surface area contributed by atoms with Gasteiger partial charge in [0, 0.05) is 28.4 Å². The average molecular weight is 539 g/mol. The Kier molecular flexibility index (Phi) is 7.67. The zero-order valence-electron chi connectivity index (χ0n) is 20.1. The van der Waals surface area contributed by atoms with E-state index in [0.29, 0.717) is 28.0 Å². The highest BCUT2D eigenvalue weighted by Gasteiger charge is 2.37. The molecule has 2 heterocycles. The Bertz CT molecular complexity index is 1530. The van der Waals surface area contributed by atoms with Gasteiger partial charge in [-0.2, -0.15) is 4.37 Å². The Balaban J connectivity index is 1.89. The maximum atomic E-state index is 14.4. The number of hydrogen-bond acceptors (Lipinski definition) is 8. The van der Waals surface area contributed by atoms with E-state index >= 15 is 0 Å². The second-order valence-electron chi connectivity index (χ2n) is 8.01. The maximum Gasteiger partial charge on any atom is 0.325 e. The van der Waals surface area contributed by atoms with Gasteiger partial charge in [0.25, 0.3) is 11.8 Å². The highest BCUT2D eigenvalue weighted by Crippen LogP contribution is 2.36. The molecule has 38 heavy (non-hydrogen) atoms. The van der Waals surface area contributed by atoms with Crippen molar-refractivity contribution >= 4 is 57.5 Å². The minimum atomic E-state index is -1.41. The normalized spacial score (nSPS) is 11.6. The molecule has 6 N–H and O–H groups in total. The van der Waals surface area contributed by atoms with Crippen molar-refractivity contribution in [2.45, 2.75) is 13.0 Å². The van der Waals surface area contributed by atoms with Crippen LogP contribution in [-0.2, 0) is 14.3 Å². The molecule has 0 saturated heterocycles. The summed E-state index contributed by atoms with van der Waals surface area (Å²) in [6.45, 7) is 1.27. The number of esters is 1. The van der Waals surface area contributed by atoms with Crippen LogP contribution in [0, 0.1) is 5.82 Å². The van der Waals surface area contributed by atoms with Crippen LogP contribution in [0.4, 0.5) is 15.8 Å². The number of hydrogen-bond donors (Lipinski definition) is 4. The Morgan fingerprint density at radius 2 is 1.95 bits per heavy atom. The summed E-state index contributed by atoms with van der Waals surface area (Å²) < 4.78 is 23.2.